The van der Waals surface area contributed by atoms with Crippen LogP contribution in [0.15, 0.2) is 48.5 Å². The average molecular weight is 356 g/mol. The van der Waals surface area contributed by atoms with Crippen molar-refractivity contribution in [1.82, 2.24) is 0 Å². The Bertz CT molecular complexity index is 814. The van der Waals surface area contributed by atoms with Crippen molar-refractivity contribution in [2.24, 2.45) is 0 Å². The highest BCUT2D eigenvalue weighted by Gasteiger charge is 2.29. The van der Waals surface area contributed by atoms with Crippen molar-refractivity contribution >= 4 is 29.1 Å². The lowest BCUT2D eigenvalue weighted by molar-refractivity contribution is -0.384. The fourth-order valence-corrected chi connectivity index (χ4v) is 2.04. The van der Waals surface area contributed by atoms with Gasteiger partial charge in [-0.2, -0.15) is 13.2 Å². The lowest BCUT2D eigenvalue weighted by atomic mass is 10.1. The van der Waals surface area contributed by atoms with Crippen LogP contribution in [0.1, 0.15) is 21.5 Å². The number of nitrogens with zero attached hydrogens (tertiary/aromatic N) is 1. The first-order chi connectivity index (χ1) is 11.2. The zero-order chi connectivity index (χ0) is 17.9. The fraction of sp³-hybridized carbons (Fsp3) is 0.0625. The van der Waals surface area contributed by atoms with Gasteiger partial charge in [0, 0.05) is 11.6 Å². The first-order valence-corrected chi connectivity index (χ1v) is 6.90. The second-order valence-electron chi connectivity index (χ2n) is 4.74. The molecule has 2 aromatic carbocycles. The molecule has 0 saturated carbocycles. The van der Waals surface area contributed by atoms with Gasteiger partial charge in [0.1, 0.15) is 5.02 Å². The van der Waals surface area contributed by atoms with Crippen molar-refractivity contribution < 1.29 is 22.9 Å². The molecule has 0 N–H and O–H groups in total. The van der Waals surface area contributed by atoms with E-state index in [1.807, 2.05) is 0 Å². The maximum absolute atomic E-state index is 12.5. The number of hydrogen-bond acceptors (Lipinski definition) is 3. The van der Waals surface area contributed by atoms with E-state index in [1.54, 1.807) is 0 Å². The molecule has 124 valence electrons. The van der Waals surface area contributed by atoms with Gasteiger partial charge in [0.05, 0.1) is 10.5 Å². The minimum Gasteiger partial charge on any atom is -0.289 e. The molecule has 0 aliphatic rings. The molecule has 2 aromatic rings. The topological polar surface area (TPSA) is 60.2 Å². The molecule has 0 radical (unpaired) electrons. The Morgan fingerprint density at radius 2 is 1.75 bits per heavy atom. The molecule has 8 heteroatoms. The summed E-state index contributed by atoms with van der Waals surface area (Å²) >= 11 is 5.66. The van der Waals surface area contributed by atoms with Crippen LogP contribution in [0.5, 0.6) is 0 Å². The van der Waals surface area contributed by atoms with E-state index >= 15 is 0 Å². The van der Waals surface area contributed by atoms with Gasteiger partial charge < -0.3 is 0 Å². The summed E-state index contributed by atoms with van der Waals surface area (Å²) < 4.78 is 37.4. The zero-order valence-electron chi connectivity index (χ0n) is 11.9. The smallest absolute Gasteiger partial charge is 0.289 e. The standard InChI is InChI=1S/C16H9ClF3NO3/c17-13-7-4-11(9-14(13)21(23)24)15(22)8-3-10-1-5-12(6-2-10)16(18,19)20/h1-9H/b8-3+. The van der Waals surface area contributed by atoms with Crippen LogP contribution >= 0.6 is 11.6 Å². The first-order valence-electron chi connectivity index (χ1n) is 6.52. The van der Waals surface area contributed by atoms with Crippen LogP contribution in [0, 0.1) is 10.1 Å². The van der Waals surface area contributed by atoms with Crippen molar-refractivity contribution in [2.75, 3.05) is 0 Å². The number of carbonyl (C=O) groups is 1. The number of hydrogen-bond donors (Lipinski definition) is 0. The van der Waals surface area contributed by atoms with E-state index in [0.29, 0.717) is 5.56 Å². The van der Waals surface area contributed by atoms with Gasteiger partial charge in [-0.05, 0) is 35.9 Å². The Kier molecular flexibility index (Phi) is 5.04. The average Bonchev–Trinajstić information content (AvgIpc) is 2.52. The molecule has 0 atom stereocenters. The Labute approximate surface area is 139 Å². The molecule has 0 fully saturated rings. The van der Waals surface area contributed by atoms with Crippen LogP contribution in [0.3, 0.4) is 0 Å². The van der Waals surface area contributed by atoms with Crippen molar-refractivity contribution in [1.29, 1.82) is 0 Å². The van der Waals surface area contributed by atoms with Gasteiger partial charge >= 0.3 is 6.18 Å². The van der Waals surface area contributed by atoms with Gasteiger partial charge in [0.15, 0.2) is 5.78 Å². The Morgan fingerprint density at radius 3 is 2.29 bits per heavy atom. The maximum atomic E-state index is 12.5. The molecule has 2 rings (SSSR count). The first kappa shape index (κ1) is 17.7. The summed E-state index contributed by atoms with van der Waals surface area (Å²) in [7, 11) is 0. The van der Waals surface area contributed by atoms with Crippen molar-refractivity contribution in [2.45, 2.75) is 6.18 Å². The number of nitro benzene ring substituents is 1. The summed E-state index contributed by atoms with van der Waals surface area (Å²) in [6.07, 6.45) is -1.99. The van der Waals surface area contributed by atoms with Gasteiger partial charge in [0.2, 0.25) is 0 Å². The summed E-state index contributed by atoms with van der Waals surface area (Å²) in [5, 5.41) is 10.7. The predicted molar refractivity (Wildman–Crippen MR) is 82.9 cm³/mol. The molecule has 0 bridgehead atoms. The normalized spacial score (nSPS) is 11.7. The molecule has 24 heavy (non-hydrogen) atoms. The third kappa shape index (κ3) is 4.20. The third-order valence-corrected chi connectivity index (χ3v) is 3.41. The summed E-state index contributed by atoms with van der Waals surface area (Å²) in [6.45, 7) is 0. The molecule has 0 saturated heterocycles. The Morgan fingerprint density at radius 1 is 1.12 bits per heavy atom. The largest absolute Gasteiger partial charge is 0.416 e. The Balaban J connectivity index is 2.19. The van der Waals surface area contributed by atoms with Gasteiger partial charge in [-0.3, -0.25) is 14.9 Å². The molecule has 0 aliphatic heterocycles. The van der Waals surface area contributed by atoms with Crippen LogP contribution in [0.2, 0.25) is 5.02 Å². The van der Waals surface area contributed by atoms with Crippen LogP contribution in [0.4, 0.5) is 18.9 Å². The fourth-order valence-electron chi connectivity index (χ4n) is 1.86. The SMILES string of the molecule is O=C(/C=C/c1ccc(C(F)(F)F)cc1)c1ccc(Cl)c([N+](=O)[O-])c1. The monoisotopic (exact) mass is 355 g/mol. The molecule has 0 unspecified atom stereocenters. The van der Waals surface area contributed by atoms with Crippen LogP contribution in [0.25, 0.3) is 6.08 Å². The van der Waals surface area contributed by atoms with Gasteiger partial charge in [-0.25, -0.2) is 0 Å². The highest BCUT2D eigenvalue weighted by molar-refractivity contribution is 6.32. The quantitative estimate of drug-likeness (QED) is 0.329. The molecule has 0 amide bonds. The highest BCUT2D eigenvalue weighted by Crippen LogP contribution is 2.29. The number of rotatable bonds is 4. The Hall–Kier alpha value is -2.67. The minimum atomic E-state index is -4.43. The van der Waals surface area contributed by atoms with E-state index in [4.69, 9.17) is 11.6 Å². The highest BCUT2D eigenvalue weighted by atomic mass is 35.5. The third-order valence-electron chi connectivity index (χ3n) is 3.09. The van der Waals surface area contributed by atoms with E-state index in [1.165, 1.54) is 30.3 Å². The van der Waals surface area contributed by atoms with Crippen molar-refractivity contribution in [3.63, 3.8) is 0 Å². The summed E-state index contributed by atoms with van der Waals surface area (Å²) in [6, 6.07) is 7.85. The van der Waals surface area contributed by atoms with Crippen LogP contribution < -0.4 is 0 Å². The number of halogens is 4. The molecule has 0 aromatic heterocycles. The number of alkyl halides is 3. The molecular formula is C16H9ClF3NO3. The minimum absolute atomic E-state index is 0.0502. The number of allylic oxidation sites excluding steroid dienone is 1. The second-order valence-corrected chi connectivity index (χ2v) is 5.15. The predicted octanol–water partition coefficient (Wildman–Crippen LogP) is 5.16. The van der Waals surface area contributed by atoms with Gasteiger partial charge in [-0.1, -0.05) is 29.8 Å². The number of nitro groups is 1. The maximum Gasteiger partial charge on any atom is 0.416 e. The van der Waals surface area contributed by atoms with E-state index in [-0.39, 0.29) is 10.6 Å². The summed E-state index contributed by atoms with van der Waals surface area (Å²) in [5.74, 6) is -0.533. The lowest BCUT2D eigenvalue weighted by Gasteiger charge is -2.05. The molecule has 4 nitrogen and oxygen atoms in total. The molecule has 0 spiro atoms. The number of carbonyl (C=O) groups excluding carboxylic acids is 1. The van der Waals surface area contributed by atoms with Gasteiger partial charge in [-0.15, -0.1) is 0 Å². The van der Waals surface area contributed by atoms with E-state index in [0.717, 1.165) is 24.3 Å². The van der Waals surface area contributed by atoms with Crippen molar-refractivity contribution in [3.8, 4) is 0 Å². The van der Waals surface area contributed by atoms with Crippen LogP contribution in [-0.2, 0) is 6.18 Å². The number of benzene rings is 2. The molecule has 0 aliphatic carbocycles. The molecular weight excluding hydrogens is 347 g/mol. The second kappa shape index (κ2) is 6.84. The van der Waals surface area contributed by atoms with Crippen molar-refractivity contribution in [3.05, 3.63) is 80.4 Å². The van der Waals surface area contributed by atoms with Gasteiger partial charge in [0.25, 0.3) is 5.69 Å². The number of ketones is 1. The van der Waals surface area contributed by atoms with E-state index in [9.17, 15) is 28.1 Å². The van der Waals surface area contributed by atoms with E-state index < -0.39 is 28.1 Å². The summed E-state index contributed by atoms with van der Waals surface area (Å²) in [5.41, 5.74) is -0.751. The zero-order valence-corrected chi connectivity index (χ0v) is 12.6. The lowest BCUT2D eigenvalue weighted by Crippen LogP contribution is -2.04. The van der Waals surface area contributed by atoms with E-state index in [2.05, 4.69) is 0 Å². The summed E-state index contributed by atoms with van der Waals surface area (Å²) in [4.78, 5) is 22.1. The molecule has 0 heterocycles. The van der Waals surface area contributed by atoms with Crippen LogP contribution in [-0.4, -0.2) is 10.7 Å².